The topological polar surface area (TPSA) is 67.4 Å². The number of anilines is 1. The van der Waals surface area contributed by atoms with E-state index < -0.39 is 0 Å². The predicted molar refractivity (Wildman–Crippen MR) is 101 cm³/mol. The molecule has 1 aromatic heterocycles. The molecule has 1 aliphatic carbocycles. The summed E-state index contributed by atoms with van der Waals surface area (Å²) in [7, 11) is 0. The van der Waals surface area contributed by atoms with Crippen LogP contribution in [-0.2, 0) is 28.9 Å². The first-order valence-corrected chi connectivity index (χ1v) is 9.84. The van der Waals surface area contributed by atoms with E-state index >= 15 is 0 Å². The number of fused-ring (bicyclic) bond motifs is 2. The van der Waals surface area contributed by atoms with Crippen molar-refractivity contribution in [3.8, 4) is 0 Å². The monoisotopic (exact) mass is 364 g/mol. The van der Waals surface area contributed by atoms with E-state index in [1.165, 1.54) is 11.1 Å². The number of hydrogen-bond acceptors (Lipinski definition) is 5. The fourth-order valence-corrected chi connectivity index (χ4v) is 4.12. The van der Waals surface area contributed by atoms with Crippen LogP contribution in [-0.4, -0.2) is 40.5 Å². The first kappa shape index (κ1) is 16.7. The van der Waals surface area contributed by atoms with Gasteiger partial charge < -0.3 is 15.0 Å². The minimum atomic E-state index is 0.0390. The first-order chi connectivity index (χ1) is 13.3. The number of aromatic nitrogens is 2. The lowest BCUT2D eigenvalue weighted by molar-refractivity contribution is -0.133. The van der Waals surface area contributed by atoms with E-state index in [0.29, 0.717) is 19.0 Å². The van der Waals surface area contributed by atoms with E-state index in [9.17, 15) is 4.79 Å². The van der Waals surface area contributed by atoms with Crippen LogP contribution in [0.2, 0.25) is 0 Å². The average Bonchev–Trinajstić information content (AvgIpc) is 3.56. The fraction of sp³-hybridized carbons (Fsp3) is 0.476. The summed E-state index contributed by atoms with van der Waals surface area (Å²) in [5.41, 5.74) is 4.74. The van der Waals surface area contributed by atoms with Gasteiger partial charge in [-0.2, -0.15) is 0 Å². The molecule has 1 amide bonds. The van der Waals surface area contributed by atoms with Gasteiger partial charge in [0.15, 0.2) is 0 Å². The summed E-state index contributed by atoms with van der Waals surface area (Å²) in [5.74, 6) is 1.43. The van der Waals surface area contributed by atoms with Gasteiger partial charge in [0, 0.05) is 24.6 Å². The van der Waals surface area contributed by atoms with E-state index in [1.54, 1.807) is 6.33 Å². The van der Waals surface area contributed by atoms with E-state index in [4.69, 9.17) is 4.74 Å². The van der Waals surface area contributed by atoms with Crippen LogP contribution in [0.25, 0.3) is 0 Å². The number of hydrogen-bond donors (Lipinski definition) is 1. The standard InChI is InChI=1S/C21H24N4O2/c26-21(15-5-6-15)25-9-7-17-18(12-25)23-13-24-20(17)22-11-19-16-4-2-1-3-14(16)8-10-27-19/h1-4,13,15,19H,5-12H2,(H,22,23,24). The molecule has 3 aliphatic rings. The molecule has 1 atom stereocenters. The van der Waals surface area contributed by atoms with Crippen LogP contribution in [0, 0.1) is 5.92 Å². The summed E-state index contributed by atoms with van der Waals surface area (Å²) in [6.45, 7) is 2.80. The summed E-state index contributed by atoms with van der Waals surface area (Å²) in [4.78, 5) is 23.2. The van der Waals surface area contributed by atoms with Crippen molar-refractivity contribution in [2.75, 3.05) is 25.0 Å². The quantitative estimate of drug-likeness (QED) is 0.903. The minimum absolute atomic E-state index is 0.0390. The number of nitrogens with one attached hydrogen (secondary N) is 1. The fourth-order valence-electron chi connectivity index (χ4n) is 4.12. The maximum absolute atomic E-state index is 12.4. The molecule has 1 aromatic carbocycles. The normalized spacial score (nSPS) is 21.3. The molecule has 0 saturated heterocycles. The number of rotatable bonds is 4. The van der Waals surface area contributed by atoms with Crippen molar-refractivity contribution < 1.29 is 9.53 Å². The highest BCUT2D eigenvalue weighted by Crippen LogP contribution is 2.33. The van der Waals surface area contributed by atoms with Crippen LogP contribution in [0.3, 0.4) is 0 Å². The number of benzene rings is 1. The van der Waals surface area contributed by atoms with Crippen LogP contribution in [0.5, 0.6) is 0 Å². The third kappa shape index (κ3) is 3.30. The third-order valence-corrected chi connectivity index (χ3v) is 5.79. The Morgan fingerprint density at radius 2 is 2.11 bits per heavy atom. The molecular formula is C21H24N4O2. The van der Waals surface area contributed by atoms with Crippen LogP contribution in [0.15, 0.2) is 30.6 Å². The summed E-state index contributed by atoms with van der Waals surface area (Å²) in [6, 6.07) is 8.49. The zero-order valence-electron chi connectivity index (χ0n) is 15.4. The summed E-state index contributed by atoms with van der Waals surface area (Å²) >= 11 is 0. The molecule has 0 radical (unpaired) electrons. The Balaban J connectivity index is 1.30. The van der Waals surface area contributed by atoms with E-state index in [2.05, 4.69) is 39.6 Å². The van der Waals surface area contributed by atoms with Gasteiger partial charge in [-0.1, -0.05) is 24.3 Å². The second kappa shape index (κ2) is 6.93. The van der Waals surface area contributed by atoms with Gasteiger partial charge in [0.2, 0.25) is 5.91 Å². The lowest BCUT2D eigenvalue weighted by Gasteiger charge is -2.30. The Morgan fingerprint density at radius 3 is 3.00 bits per heavy atom. The number of ether oxygens (including phenoxy) is 1. The number of carbonyl (C=O) groups excluding carboxylic acids is 1. The molecule has 2 aromatic rings. The SMILES string of the molecule is O=C(C1CC1)N1CCc2c(ncnc2NCC2OCCc3ccccc32)C1. The lowest BCUT2D eigenvalue weighted by Crippen LogP contribution is -2.38. The maximum atomic E-state index is 12.4. The van der Waals surface area contributed by atoms with Crippen molar-refractivity contribution in [2.45, 2.75) is 38.3 Å². The molecule has 1 N–H and O–H groups in total. The van der Waals surface area contributed by atoms with Crippen molar-refractivity contribution >= 4 is 11.7 Å². The van der Waals surface area contributed by atoms with Crippen molar-refractivity contribution in [3.63, 3.8) is 0 Å². The van der Waals surface area contributed by atoms with E-state index in [1.807, 2.05) is 4.90 Å². The average molecular weight is 364 g/mol. The second-order valence-corrected chi connectivity index (χ2v) is 7.62. The Bertz CT molecular complexity index is 865. The smallest absolute Gasteiger partial charge is 0.226 e. The van der Waals surface area contributed by atoms with Crippen LogP contribution in [0.1, 0.15) is 41.3 Å². The molecule has 5 rings (SSSR count). The molecule has 27 heavy (non-hydrogen) atoms. The maximum Gasteiger partial charge on any atom is 0.226 e. The zero-order valence-corrected chi connectivity index (χ0v) is 15.4. The first-order valence-electron chi connectivity index (χ1n) is 9.84. The van der Waals surface area contributed by atoms with Crippen molar-refractivity contribution in [1.29, 1.82) is 0 Å². The van der Waals surface area contributed by atoms with Crippen molar-refractivity contribution in [2.24, 2.45) is 5.92 Å². The molecule has 1 saturated carbocycles. The van der Waals surface area contributed by atoms with Crippen molar-refractivity contribution in [3.05, 3.63) is 53.0 Å². The van der Waals surface area contributed by atoms with E-state index in [0.717, 1.165) is 55.9 Å². The summed E-state index contributed by atoms with van der Waals surface area (Å²) in [6.07, 6.45) is 5.50. The highest BCUT2D eigenvalue weighted by molar-refractivity contribution is 5.81. The molecule has 1 unspecified atom stereocenters. The molecule has 3 heterocycles. The van der Waals surface area contributed by atoms with Crippen LogP contribution < -0.4 is 5.32 Å². The Kier molecular flexibility index (Phi) is 4.28. The molecule has 0 bridgehead atoms. The van der Waals surface area contributed by atoms with Gasteiger partial charge in [0.25, 0.3) is 0 Å². The number of carbonyl (C=O) groups is 1. The van der Waals surface area contributed by atoms with Crippen LogP contribution in [0.4, 0.5) is 5.82 Å². The van der Waals surface area contributed by atoms with E-state index in [-0.39, 0.29) is 12.0 Å². The largest absolute Gasteiger partial charge is 0.371 e. The molecular weight excluding hydrogens is 340 g/mol. The molecule has 140 valence electrons. The minimum Gasteiger partial charge on any atom is -0.371 e. The Hall–Kier alpha value is -2.47. The molecule has 1 fully saturated rings. The number of nitrogens with zero attached hydrogens (tertiary/aromatic N) is 3. The molecule has 6 nitrogen and oxygen atoms in total. The second-order valence-electron chi connectivity index (χ2n) is 7.62. The van der Waals surface area contributed by atoms with Crippen LogP contribution >= 0.6 is 0 Å². The Morgan fingerprint density at radius 1 is 1.22 bits per heavy atom. The summed E-state index contributed by atoms with van der Waals surface area (Å²) in [5, 5.41) is 3.48. The van der Waals surface area contributed by atoms with Gasteiger partial charge in [-0.05, 0) is 36.8 Å². The highest BCUT2D eigenvalue weighted by Gasteiger charge is 2.35. The van der Waals surface area contributed by atoms with Gasteiger partial charge >= 0.3 is 0 Å². The molecule has 0 spiro atoms. The van der Waals surface area contributed by atoms with Crippen molar-refractivity contribution in [1.82, 2.24) is 14.9 Å². The van der Waals surface area contributed by atoms with Gasteiger partial charge in [0.1, 0.15) is 12.1 Å². The van der Waals surface area contributed by atoms with Gasteiger partial charge in [-0.25, -0.2) is 9.97 Å². The number of amides is 1. The van der Waals surface area contributed by atoms with Gasteiger partial charge in [0.05, 0.1) is 24.9 Å². The molecule has 6 heteroatoms. The predicted octanol–water partition coefficient (Wildman–Crippen LogP) is 2.50. The van der Waals surface area contributed by atoms with Gasteiger partial charge in [-0.3, -0.25) is 4.79 Å². The lowest BCUT2D eigenvalue weighted by atomic mass is 9.97. The highest BCUT2D eigenvalue weighted by atomic mass is 16.5. The van der Waals surface area contributed by atoms with Gasteiger partial charge in [-0.15, -0.1) is 0 Å². The summed E-state index contributed by atoms with van der Waals surface area (Å²) < 4.78 is 5.99. The Labute approximate surface area is 159 Å². The third-order valence-electron chi connectivity index (χ3n) is 5.79. The molecule has 2 aliphatic heterocycles. The zero-order chi connectivity index (χ0) is 18.2.